The predicted octanol–water partition coefficient (Wildman–Crippen LogP) is 0.000600. The van der Waals surface area contributed by atoms with Crippen LogP contribution in [0.15, 0.2) is 24.3 Å². The third-order valence-electron chi connectivity index (χ3n) is 3.69. The number of hydrogen-bond donors (Lipinski definition) is 3. The minimum atomic E-state index is -0.493. The normalized spacial score (nSPS) is 15.6. The second-order valence-corrected chi connectivity index (χ2v) is 5.31. The SMILES string of the molecule is NC(=O)CN(C(=O)Cc1ccc(O)cc1)C1CCNCC1. The molecule has 2 rings (SSSR count). The number of hydrogen-bond acceptors (Lipinski definition) is 4. The lowest BCUT2D eigenvalue weighted by Crippen LogP contribution is -2.49. The van der Waals surface area contributed by atoms with Gasteiger partial charge in [-0.05, 0) is 43.6 Å². The molecule has 1 heterocycles. The summed E-state index contributed by atoms with van der Waals surface area (Å²) in [6.45, 7) is 1.64. The van der Waals surface area contributed by atoms with Gasteiger partial charge in [-0.15, -0.1) is 0 Å². The van der Waals surface area contributed by atoms with E-state index >= 15 is 0 Å². The fourth-order valence-electron chi connectivity index (χ4n) is 2.60. The van der Waals surface area contributed by atoms with Crippen LogP contribution in [0, 0.1) is 0 Å². The predicted molar refractivity (Wildman–Crippen MR) is 78.6 cm³/mol. The summed E-state index contributed by atoms with van der Waals surface area (Å²) < 4.78 is 0. The number of carbonyl (C=O) groups excluding carboxylic acids is 2. The maximum absolute atomic E-state index is 12.5. The fourth-order valence-corrected chi connectivity index (χ4v) is 2.60. The average Bonchev–Trinajstić information content (AvgIpc) is 2.48. The summed E-state index contributed by atoms with van der Waals surface area (Å²) in [5.41, 5.74) is 6.08. The third-order valence-corrected chi connectivity index (χ3v) is 3.69. The number of primary amides is 1. The highest BCUT2D eigenvalue weighted by Gasteiger charge is 2.26. The minimum Gasteiger partial charge on any atom is -0.508 e. The Bertz CT molecular complexity index is 495. The van der Waals surface area contributed by atoms with Gasteiger partial charge in [-0.1, -0.05) is 12.1 Å². The summed E-state index contributed by atoms with van der Waals surface area (Å²) in [6, 6.07) is 6.57. The van der Waals surface area contributed by atoms with Crippen LogP contribution in [0.1, 0.15) is 18.4 Å². The van der Waals surface area contributed by atoms with Crippen LogP contribution in [0.4, 0.5) is 0 Å². The molecule has 0 bridgehead atoms. The molecule has 0 spiro atoms. The zero-order valence-corrected chi connectivity index (χ0v) is 11.9. The van der Waals surface area contributed by atoms with Crippen molar-refractivity contribution >= 4 is 11.8 Å². The van der Waals surface area contributed by atoms with Crippen molar-refractivity contribution in [2.75, 3.05) is 19.6 Å². The van der Waals surface area contributed by atoms with Crippen LogP contribution in [0.3, 0.4) is 0 Å². The van der Waals surface area contributed by atoms with Crippen LogP contribution in [-0.4, -0.2) is 47.5 Å². The highest BCUT2D eigenvalue weighted by atomic mass is 16.3. The Morgan fingerprint density at radius 2 is 1.86 bits per heavy atom. The van der Waals surface area contributed by atoms with Crippen LogP contribution in [0.2, 0.25) is 0 Å². The molecule has 1 aliphatic heterocycles. The third kappa shape index (κ3) is 4.46. The van der Waals surface area contributed by atoms with Gasteiger partial charge in [0.2, 0.25) is 11.8 Å². The molecule has 1 aliphatic rings. The summed E-state index contributed by atoms with van der Waals surface area (Å²) in [5.74, 6) is -0.433. The molecule has 0 radical (unpaired) electrons. The van der Waals surface area contributed by atoms with Crippen molar-refractivity contribution < 1.29 is 14.7 Å². The molecular weight excluding hydrogens is 270 g/mol. The number of carbonyl (C=O) groups is 2. The summed E-state index contributed by atoms with van der Waals surface area (Å²) in [5, 5.41) is 12.5. The van der Waals surface area contributed by atoms with Gasteiger partial charge in [-0.3, -0.25) is 9.59 Å². The second-order valence-electron chi connectivity index (χ2n) is 5.31. The summed E-state index contributed by atoms with van der Waals surface area (Å²) in [7, 11) is 0. The van der Waals surface area contributed by atoms with E-state index in [0.717, 1.165) is 31.5 Å². The largest absolute Gasteiger partial charge is 0.508 e. The molecule has 4 N–H and O–H groups in total. The molecule has 21 heavy (non-hydrogen) atoms. The molecule has 1 fully saturated rings. The number of benzene rings is 1. The van der Waals surface area contributed by atoms with Gasteiger partial charge in [0, 0.05) is 6.04 Å². The van der Waals surface area contributed by atoms with Crippen molar-refractivity contribution in [1.29, 1.82) is 0 Å². The molecule has 6 nitrogen and oxygen atoms in total. The number of phenols is 1. The Kier molecular flexibility index (Phi) is 5.16. The summed E-state index contributed by atoms with van der Waals surface area (Å²) in [6.07, 6.45) is 1.86. The van der Waals surface area contributed by atoms with E-state index in [0.29, 0.717) is 0 Å². The van der Waals surface area contributed by atoms with E-state index in [1.807, 2.05) is 0 Å². The fraction of sp³-hybridized carbons (Fsp3) is 0.467. The molecule has 0 aromatic heterocycles. The van der Waals surface area contributed by atoms with Gasteiger partial charge in [0.25, 0.3) is 0 Å². The van der Waals surface area contributed by atoms with Crippen molar-refractivity contribution in [3.05, 3.63) is 29.8 Å². The number of nitrogens with zero attached hydrogens (tertiary/aromatic N) is 1. The van der Waals surface area contributed by atoms with E-state index in [1.165, 1.54) is 0 Å². The van der Waals surface area contributed by atoms with Crippen LogP contribution in [0.5, 0.6) is 5.75 Å². The van der Waals surface area contributed by atoms with E-state index < -0.39 is 5.91 Å². The Hall–Kier alpha value is -2.08. The zero-order valence-electron chi connectivity index (χ0n) is 11.9. The van der Waals surface area contributed by atoms with Gasteiger partial charge in [-0.2, -0.15) is 0 Å². The molecule has 1 saturated heterocycles. The van der Waals surface area contributed by atoms with E-state index in [1.54, 1.807) is 29.2 Å². The van der Waals surface area contributed by atoms with E-state index in [4.69, 9.17) is 5.73 Å². The standard InChI is InChI=1S/C15H21N3O3/c16-14(20)10-18(12-5-7-17-8-6-12)15(21)9-11-1-3-13(19)4-2-11/h1-4,12,17,19H,5-10H2,(H2,16,20). The summed E-state index contributed by atoms with van der Waals surface area (Å²) >= 11 is 0. The Balaban J connectivity index is 2.05. The van der Waals surface area contributed by atoms with E-state index in [9.17, 15) is 14.7 Å². The van der Waals surface area contributed by atoms with Crippen molar-refractivity contribution in [2.45, 2.75) is 25.3 Å². The lowest BCUT2D eigenvalue weighted by molar-refractivity contribution is -0.137. The Morgan fingerprint density at radius 1 is 1.24 bits per heavy atom. The quantitative estimate of drug-likeness (QED) is 0.711. The first-order valence-corrected chi connectivity index (χ1v) is 7.12. The molecule has 0 atom stereocenters. The highest BCUT2D eigenvalue weighted by Crippen LogP contribution is 2.15. The molecule has 1 aromatic rings. The maximum atomic E-state index is 12.5. The molecular formula is C15H21N3O3. The van der Waals surface area contributed by atoms with Crippen molar-refractivity contribution in [1.82, 2.24) is 10.2 Å². The average molecular weight is 291 g/mol. The molecule has 6 heteroatoms. The lowest BCUT2D eigenvalue weighted by atomic mass is 10.0. The summed E-state index contributed by atoms with van der Waals surface area (Å²) in [4.78, 5) is 25.3. The first-order valence-electron chi connectivity index (χ1n) is 7.12. The first kappa shape index (κ1) is 15.3. The topological polar surface area (TPSA) is 95.7 Å². The number of phenolic OH excluding ortho intramolecular Hbond substituents is 1. The van der Waals surface area contributed by atoms with Gasteiger partial charge in [0.15, 0.2) is 0 Å². The smallest absolute Gasteiger partial charge is 0.237 e. The van der Waals surface area contributed by atoms with Gasteiger partial charge in [0.05, 0.1) is 13.0 Å². The number of aromatic hydroxyl groups is 1. The van der Waals surface area contributed by atoms with Crippen molar-refractivity contribution in [3.63, 3.8) is 0 Å². The number of nitrogens with one attached hydrogen (secondary N) is 1. The zero-order chi connectivity index (χ0) is 15.2. The Labute approximate surface area is 123 Å². The van der Waals surface area contributed by atoms with Crippen LogP contribution >= 0.6 is 0 Å². The van der Waals surface area contributed by atoms with Gasteiger partial charge < -0.3 is 21.1 Å². The highest BCUT2D eigenvalue weighted by molar-refractivity contribution is 5.85. The van der Waals surface area contributed by atoms with Gasteiger partial charge in [0.1, 0.15) is 5.75 Å². The minimum absolute atomic E-state index is 0.0401. The molecule has 114 valence electrons. The molecule has 0 saturated carbocycles. The molecule has 2 amide bonds. The van der Waals surface area contributed by atoms with Crippen LogP contribution in [-0.2, 0) is 16.0 Å². The second kappa shape index (κ2) is 7.08. The van der Waals surface area contributed by atoms with E-state index in [2.05, 4.69) is 5.32 Å². The maximum Gasteiger partial charge on any atom is 0.237 e. The number of rotatable bonds is 5. The number of amides is 2. The van der Waals surface area contributed by atoms with Gasteiger partial charge in [-0.25, -0.2) is 0 Å². The van der Waals surface area contributed by atoms with E-state index in [-0.39, 0.29) is 30.7 Å². The monoisotopic (exact) mass is 291 g/mol. The van der Waals surface area contributed by atoms with Crippen LogP contribution in [0.25, 0.3) is 0 Å². The van der Waals surface area contributed by atoms with Gasteiger partial charge >= 0.3 is 0 Å². The number of piperidine rings is 1. The number of nitrogens with two attached hydrogens (primary N) is 1. The van der Waals surface area contributed by atoms with Crippen molar-refractivity contribution in [3.8, 4) is 5.75 Å². The van der Waals surface area contributed by atoms with Crippen molar-refractivity contribution in [2.24, 2.45) is 5.73 Å². The molecule has 1 aromatic carbocycles. The van der Waals surface area contributed by atoms with Crippen LogP contribution < -0.4 is 11.1 Å². The first-order chi connectivity index (χ1) is 10.1. The lowest BCUT2D eigenvalue weighted by Gasteiger charge is -2.34. The molecule has 0 aliphatic carbocycles. The Morgan fingerprint density at radius 3 is 2.43 bits per heavy atom. The molecule has 0 unspecified atom stereocenters.